The maximum atomic E-state index is 13.6. The topological polar surface area (TPSA) is 732 Å². The molecule has 0 bridgehead atoms. The van der Waals surface area contributed by atoms with Gasteiger partial charge in [-0.25, -0.2) is 12.6 Å². The van der Waals surface area contributed by atoms with E-state index >= 15 is 0 Å². The van der Waals surface area contributed by atoms with Crippen molar-refractivity contribution in [3.63, 3.8) is 0 Å². The van der Waals surface area contributed by atoms with Crippen LogP contribution in [0.2, 0.25) is 0 Å². The molecule has 3 aliphatic heterocycles. The first kappa shape index (κ1) is 130. The minimum Gasteiger partial charge on any atom is -0.693 e. The van der Waals surface area contributed by atoms with E-state index in [0.29, 0.717) is 122 Å². The number of nitrogens with one attached hydrogen (secondary N) is 10. The molecule has 0 aliphatic carbocycles. The second-order valence-corrected chi connectivity index (χ2v) is 35.9. The predicted octanol–water partition coefficient (Wildman–Crippen LogP) is -1.11. The molecule has 14 atom stereocenters. The molecule has 750 valence electrons. The Morgan fingerprint density at radius 2 is 0.872 bits per heavy atom. The molecule has 3 saturated heterocycles. The van der Waals surface area contributed by atoms with Crippen LogP contribution in [0.1, 0.15) is 169 Å². The molecule has 0 saturated carbocycles. The van der Waals surface area contributed by atoms with Crippen molar-refractivity contribution in [1.82, 2.24) is 63.0 Å². The quantitative estimate of drug-likeness (QED) is 0.0160. The number of thioether (sulfide) groups is 3. The number of aliphatic imine (C=N–C) groups is 3. The van der Waals surface area contributed by atoms with Gasteiger partial charge >= 0.3 is 0 Å². The number of ketones is 7. The molecule has 3 aliphatic rings. The first-order valence-corrected chi connectivity index (χ1v) is 48.0. The molecule has 31 N–H and O–H groups in total. The Kier molecular flexibility index (Phi) is 74.5. The number of primary amides is 1. The number of amides is 7. The van der Waals surface area contributed by atoms with Crippen LogP contribution in [0.25, 0.3) is 12.3 Å². The van der Waals surface area contributed by atoms with E-state index in [9.17, 15) is 81.8 Å². The Morgan fingerprint density at radius 1 is 0.504 bits per heavy atom. The number of benzene rings is 1. The Hall–Kier alpha value is -6.95. The zero-order valence-electron chi connectivity index (χ0n) is 78.8. The van der Waals surface area contributed by atoms with E-state index in [2.05, 4.69) is 68.1 Å². The number of rotatable bonds is 42. The summed E-state index contributed by atoms with van der Waals surface area (Å²) in [6.45, 7) is 13.5. The molecule has 0 aromatic heterocycles. The fourth-order valence-corrected chi connectivity index (χ4v) is 16.7. The van der Waals surface area contributed by atoms with Gasteiger partial charge in [0.25, 0.3) is 0 Å². The summed E-state index contributed by atoms with van der Waals surface area (Å²) in [5, 5.41) is 38.6. The van der Waals surface area contributed by atoms with E-state index in [4.69, 9.17) is 45.9 Å². The molecule has 2 radical (unpaired) electrons. The molecule has 133 heavy (non-hydrogen) atoms. The summed E-state index contributed by atoms with van der Waals surface area (Å²) in [6.07, 6.45) is 12.8. The molecule has 1 aromatic rings. The molecule has 0 spiro atoms. The van der Waals surface area contributed by atoms with Crippen LogP contribution >= 0.6 is 35.3 Å². The van der Waals surface area contributed by atoms with Crippen LogP contribution in [0.15, 0.2) is 39.2 Å². The zero-order chi connectivity index (χ0) is 96.3. The van der Waals surface area contributed by atoms with Crippen molar-refractivity contribution < 1.29 is 147 Å². The van der Waals surface area contributed by atoms with E-state index in [0.717, 1.165) is 18.4 Å². The smallest absolute Gasteiger partial charge is 0.234 e. The standard InChI is InChI=1S/C32H52N8O6S.C31H55N8O6S.C23H40N7O5S.2H2N.2Y/c1-3-20(2)30-27(43)17-39-25(18-47-19-29(45)36-14-12-28(44)40-30)26(42)11-8-22(5-4-13-37-32(34)35)16-38-24(31(33)46)15-21-6-9-23(41)10-7-21;1-4-21(2)30-25(41)11-10-22(8-5-6-13-32)26(42)16-37-24(19-46-20-29(45)35-15-12-28(44)38-30)27(43)17-39(3)23(18-40)9-7-14-36-31(33)34;1-4-15(2)22-18(32)10-28-17(13-36-14-21(35)26-9-7-20(34)29-22)19(33)11-30(3)16(12-31)6-5-8-27-23(24)25;;;;/h6-7,9-10,20,22,24-25,30,38-39,41H,3-5,8,11-19H2,1-2H3,(H2,33,46)(H,36,45)(H,40,44)(H4,34,35,37);21-24,30,37H,4-17,19-20,32H2,1-3H3,(H,35,45)(H,38,44)(H4,33,34,36);15-17,22,28H,4-11,13-14H2,1-3H3,(H,26,35)(H,29,34)(H4,24,25,27);2*1H2;;/q;4*-1;;/t20-,22+,24-,25-,30-;21-,22+,23-,24-,30-;15-,16-,17-,22-;;;;/m000..../s1. The number of aromatic hydroxyl groups is 1. The number of carbonyl (C=O) groups is 14. The number of unbranched alkanes of at least 4 members (excludes halogenated alkanes) is 1. The van der Waals surface area contributed by atoms with Gasteiger partial charge in [0.15, 0.2) is 52.6 Å². The van der Waals surface area contributed by atoms with Crippen molar-refractivity contribution >= 4 is 148 Å². The molecular weight excluding hydrogens is 1930 g/mol. The molecule has 7 amide bonds. The van der Waals surface area contributed by atoms with Crippen molar-refractivity contribution in [1.29, 1.82) is 0 Å². The summed E-state index contributed by atoms with van der Waals surface area (Å²) in [7, 11) is 3.30. The number of hydrogen-bond acceptors (Lipinski definition) is 30. The van der Waals surface area contributed by atoms with Gasteiger partial charge in [-0.1, -0.05) is 104 Å². The van der Waals surface area contributed by atoms with E-state index in [1.54, 1.807) is 48.2 Å². The normalized spacial score (nSPS) is 20.9. The van der Waals surface area contributed by atoms with Crippen LogP contribution in [0, 0.1) is 29.6 Å². The Morgan fingerprint density at radius 3 is 1.23 bits per heavy atom. The molecule has 47 heteroatoms. The van der Waals surface area contributed by atoms with Crippen LogP contribution in [0.5, 0.6) is 5.75 Å². The van der Waals surface area contributed by atoms with Gasteiger partial charge in [-0.3, -0.25) is 98.1 Å². The number of phenols is 1. The summed E-state index contributed by atoms with van der Waals surface area (Å²) >= 11 is 3.77. The van der Waals surface area contributed by atoms with Crippen molar-refractivity contribution in [2.45, 2.75) is 224 Å². The van der Waals surface area contributed by atoms with Crippen molar-refractivity contribution in [3.05, 3.63) is 42.1 Å². The number of guanidine groups is 3. The third kappa shape index (κ3) is 57.8. The van der Waals surface area contributed by atoms with Gasteiger partial charge in [0, 0.05) is 160 Å². The molecule has 3 fully saturated rings. The number of phenolic OH excluding ortho intramolecular Hbond substituents is 1. The zero-order valence-corrected chi connectivity index (χ0v) is 87.0. The summed E-state index contributed by atoms with van der Waals surface area (Å²) in [5.74, 6) is -3.15. The first-order chi connectivity index (χ1) is 61.4. The van der Waals surface area contributed by atoms with Crippen molar-refractivity contribution in [2.75, 3.05) is 134 Å². The van der Waals surface area contributed by atoms with Crippen LogP contribution in [0.4, 0.5) is 0 Å². The SMILES string of the molecule is CC[C@H](C)[C@@H]1NC(=O)CCNC(=O)CSC[C@@H](C(=O)CC[C@@H](CCCN=C(N)N)CN[C@@H](Cc2ccc(O)cc2)C(N)=O)NCC1=O.CC[C@H](C)[C@@H]1NC(=O)CCNC(=O)CSC[C@@H](C(=O)CN(C)[C@H]([C-]=O)CCCN=C(N)N)NCC(=O)[C@H](CCCCN)CCC1=O.CC[C@H](C)[C@@H]1NC(=O)CCNC(=O)CSC[C@@H](C(=O)CN(C)[C@H]([C-]=O)CCCN=C(N)N)NCC1=O.[NH2-].[NH2-].[Y].[Y]. The van der Waals surface area contributed by atoms with Gasteiger partial charge < -0.3 is 120 Å². The Labute approximate surface area is 847 Å². The number of nitrogens with two attached hydrogens (primary N) is 10. The van der Waals surface area contributed by atoms with E-state index in [1.807, 2.05) is 54.1 Å². The Bertz CT molecular complexity index is 3790. The molecule has 3 heterocycles. The number of nitrogens with zero attached hydrogens (tertiary/aromatic N) is 5. The summed E-state index contributed by atoms with van der Waals surface area (Å²) in [5.41, 5.74) is 44.4. The number of Topliss-reactive ketones (excluding diaryl/α,β-unsaturated/α-hetero) is 7. The summed E-state index contributed by atoms with van der Waals surface area (Å²) in [4.78, 5) is 218. The van der Waals surface area contributed by atoms with Gasteiger partial charge in [-0.15, -0.1) is 35.3 Å². The predicted molar refractivity (Wildman–Crippen MR) is 515 cm³/mol. The maximum Gasteiger partial charge on any atom is 0.234 e. The second kappa shape index (κ2) is 76.1. The third-order valence-electron chi connectivity index (χ3n) is 22.4. The molecule has 4 rings (SSSR count). The maximum absolute atomic E-state index is 13.6. The average Bonchev–Trinajstić information content (AvgIpc) is 0.952. The van der Waals surface area contributed by atoms with Crippen molar-refractivity contribution in [2.24, 2.45) is 90.4 Å². The second-order valence-electron chi connectivity index (χ2n) is 32.8. The Balaban J connectivity index is -0.00000190. The largest absolute Gasteiger partial charge is 0.693 e. The van der Waals surface area contributed by atoms with Gasteiger partial charge in [-0.05, 0) is 126 Å². The van der Waals surface area contributed by atoms with E-state index in [1.165, 1.54) is 35.3 Å². The molecule has 42 nitrogen and oxygen atoms in total. The van der Waals surface area contributed by atoms with Crippen LogP contribution < -0.4 is 99.0 Å². The van der Waals surface area contributed by atoms with Gasteiger partial charge in [-0.2, -0.15) is 0 Å². The van der Waals surface area contributed by atoms with Gasteiger partial charge in [0.2, 0.25) is 41.4 Å². The van der Waals surface area contributed by atoms with Crippen LogP contribution in [0.3, 0.4) is 0 Å². The molecule has 1 aromatic carbocycles. The first-order valence-electron chi connectivity index (χ1n) is 44.5. The minimum absolute atomic E-state index is 0. The number of carbonyl (C=O) groups excluding carboxylic acids is 16. The van der Waals surface area contributed by atoms with Crippen molar-refractivity contribution in [3.8, 4) is 5.75 Å². The average molecular weight is 2080 g/mol. The minimum atomic E-state index is -0.774. The summed E-state index contributed by atoms with van der Waals surface area (Å²) in [6, 6.07) is 0.341. The van der Waals surface area contributed by atoms with Crippen LogP contribution in [-0.2, 0) is 149 Å². The van der Waals surface area contributed by atoms with Gasteiger partial charge in [0.1, 0.15) is 11.5 Å². The summed E-state index contributed by atoms with van der Waals surface area (Å²) < 4.78 is 0. The van der Waals surface area contributed by atoms with E-state index in [-0.39, 0.29) is 314 Å². The van der Waals surface area contributed by atoms with Gasteiger partial charge in [0.05, 0.1) is 92.3 Å². The number of hydrogen-bond donors (Lipinski definition) is 19. The fraction of sp³-hybridized carbons (Fsp3) is 0.709. The third-order valence-corrected chi connectivity index (χ3v) is 25.5. The number of likely N-dealkylation sites (N-methyl/N-ethyl adjacent to an activating group) is 2. The fourth-order valence-electron chi connectivity index (χ4n) is 13.8. The van der Waals surface area contributed by atoms with E-state index < -0.39 is 66.2 Å². The van der Waals surface area contributed by atoms with Crippen LogP contribution in [-0.4, -0.2) is 315 Å². The molecular formula is C86H151N25O17S3Y2-4. The molecule has 0 unspecified atom stereocenters. The monoisotopic (exact) mass is 2080 g/mol.